The molecule has 0 heterocycles. The maximum atomic E-state index is 8.98. The molecule has 0 amide bonds. The van der Waals surface area contributed by atoms with Crippen LogP contribution >= 0.6 is 15.9 Å². The average Bonchev–Trinajstić information content (AvgIpc) is 1.99. The number of anilines is 1. The summed E-state index contributed by atoms with van der Waals surface area (Å²) in [7, 11) is 0. The van der Waals surface area contributed by atoms with Crippen molar-refractivity contribution >= 4 is 21.6 Å². The summed E-state index contributed by atoms with van der Waals surface area (Å²) in [5.74, 6) is 0.660. The molecule has 1 aromatic carbocycles. The maximum absolute atomic E-state index is 8.98. The summed E-state index contributed by atoms with van der Waals surface area (Å²) in [6, 6.07) is 5.31. The Balaban J connectivity index is 2.66. The Morgan fingerprint density at radius 3 is 2.77 bits per heavy atom. The second-order valence-corrected chi connectivity index (χ2v) is 3.80. The predicted molar refractivity (Wildman–Crippen MR) is 55.7 cm³/mol. The van der Waals surface area contributed by atoms with Crippen molar-refractivity contribution in [2.75, 3.05) is 12.3 Å². The van der Waals surface area contributed by atoms with E-state index in [1.807, 2.05) is 0 Å². The molecule has 0 saturated heterocycles. The molecular weight excluding hydrogens is 234 g/mol. The molecule has 0 saturated carbocycles. The number of halogens is 1. The van der Waals surface area contributed by atoms with Gasteiger partial charge in [0.1, 0.15) is 12.4 Å². The number of nitrogen functional groups attached to an aromatic ring is 1. The van der Waals surface area contributed by atoms with Crippen LogP contribution in [-0.2, 0) is 0 Å². The van der Waals surface area contributed by atoms with Crippen LogP contribution in [0.25, 0.3) is 0 Å². The molecule has 72 valence electrons. The van der Waals surface area contributed by atoms with Crippen molar-refractivity contribution in [2.45, 2.75) is 13.0 Å². The molecule has 0 aliphatic rings. The molecule has 1 atom stereocenters. The van der Waals surface area contributed by atoms with E-state index in [-0.39, 0.29) is 6.61 Å². The van der Waals surface area contributed by atoms with Gasteiger partial charge in [0, 0.05) is 16.2 Å². The van der Waals surface area contributed by atoms with Gasteiger partial charge in [-0.2, -0.15) is 0 Å². The molecule has 0 radical (unpaired) electrons. The molecule has 13 heavy (non-hydrogen) atoms. The molecule has 0 aliphatic heterocycles. The van der Waals surface area contributed by atoms with Crippen LogP contribution in [0.4, 0.5) is 5.69 Å². The highest BCUT2D eigenvalue weighted by atomic mass is 79.9. The van der Waals surface area contributed by atoms with Gasteiger partial charge < -0.3 is 15.6 Å². The number of rotatable bonds is 3. The SMILES string of the molecule is CC(O)COc1cc(N)cc(Br)c1. The average molecular weight is 246 g/mol. The minimum absolute atomic E-state index is 0.274. The molecule has 0 bridgehead atoms. The van der Waals surface area contributed by atoms with Crippen molar-refractivity contribution in [1.29, 1.82) is 0 Å². The first-order chi connectivity index (χ1) is 6.08. The fraction of sp³-hybridized carbons (Fsp3) is 0.333. The minimum atomic E-state index is -0.472. The van der Waals surface area contributed by atoms with Crippen LogP contribution in [0.3, 0.4) is 0 Å². The highest BCUT2D eigenvalue weighted by molar-refractivity contribution is 9.10. The van der Waals surface area contributed by atoms with E-state index in [4.69, 9.17) is 15.6 Å². The minimum Gasteiger partial charge on any atom is -0.491 e. The first kappa shape index (κ1) is 10.3. The van der Waals surface area contributed by atoms with Crippen LogP contribution in [0.5, 0.6) is 5.75 Å². The number of hydrogen-bond acceptors (Lipinski definition) is 3. The maximum Gasteiger partial charge on any atom is 0.122 e. The monoisotopic (exact) mass is 245 g/mol. The summed E-state index contributed by atoms with van der Waals surface area (Å²) in [6.45, 7) is 1.94. The number of ether oxygens (including phenoxy) is 1. The fourth-order valence-corrected chi connectivity index (χ4v) is 1.37. The number of aliphatic hydroxyl groups is 1. The van der Waals surface area contributed by atoms with Gasteiger partial charge in [-0.15, -0.1) is 0 Å². The quantitative estimate of drug-likeness (QED) is 0.799. The van der Waals surface area contributed by atoms with E-state index in [1.165, 1.54) is 0 Å². The van der Waals surface area contributed by atoms with Crippen LogP contribution < -0.4 is 10.5 Å². The zero-order chi connectivity index (χ0) is 9.84. The lowest BCUT2D eigenvalue weighted by Gasteiger charge is -2.08. The summed E-state index contributed by atoms with van der Waals surface area (Å²) in [5, 5.41) is 8.98. The fourth-order valence-electron chi connectivity index (χ4n) is 0.885. The lowest BCUT2D eigenvalue weighted by atomic mass is 10.3. The Labute approximate surface area is 85.6 Å². The Bertz CT molecular complexity index is 269. The summed E-state index contributed by atoms with van der Waals surface area (Å²) >= 11 is 3.30. The van der Waals surface area contributed by atoms with Crippen molar-refractivity contribution < 1.29 is 9.84 Å². The first-order valence-corrected chi connectivity index (χ1v) is 4.74. The molecule has 0 aliphatic carbocycles. The number of hydrogen-bond donors (Lipinski definition) is 2. The van der Waals surface area contributed by atoms with Gasteiger partial charge in [-0.25, -0.2) is 0 Å². The van der Waals surface area contributed by atoms with Gasteiger partial charge in [-0.1, -0.05) is 15.9 Å². The molecule has 1 unspecified atom stereocenters. The van der Waals surface area contributed by atoms with Crippen LogP contribution in [0.1, 0.15) is 6.92 Å². The van der Waals surface area contributed by atoms with Gasteiger partial charge in [0.05, 0.1) is 6.10 Å². The van der Waals surface area contributed by atoms with E-state index in [1.54, 1.807) is 25.1 Å². The van der Waals surface area contributed by atoms with Gasteiger partial charge in [0.25, 0.3) is 0 Å². The van der Waals surface area contributed by atoms with Crippen molar-refractivity contribution in [3.63, 3.8) is 0 Å². The van der Waals surface area contributed by atoms with E-state index < -0.39 is 6.10 Å². The van der Waals surface area contributed by atoms with Crippen molar-refractivity contribution in [2.24, 2.45) is 0 Å². The van der Waals surface area contributed by atoms with Crippen molar-refractivity contribution in [1.82, 2.24) is 0 Å². The molecule has 0 spiro atoms. The summed E-state index contributed by atoms with van der Waals surface area (Å²) in [6.07, 6.45) is -0.472. The Morgan fingerprint density at radius 2 is 2.23 bits per heavy atom. The Morgan fingerprint density at radius 1 is 1.54 bits per heavy atom. The van der Waals surface area contributed by atoms with E-state index in [0.717, 1.165) is 4.47 Å². The Hall–Kier alpha value is -0.740. The molecule has 0 fully saturated rings. The molecular formula is C9H12BrNO2. The van der Waals surface area contributed by atoms with Crippen LogP contribution in [0, 0.1) is 0 Å². The molecule has 1 aromatic rings. The van der Waals surface area contributed by atoms with Gasteiger partial charge in [-0.05, 0) is 19.1 Å². The van der Waals surface area contributed by atoms with Crippen molar-refractivity contribution in [3.05, 3.63) is 22.7 Å². The number of benzene rings is 1. The summed E-state index contributed by atoms with van der Waals surface area (Å²) in [5.41, 5.74) is 6.23. The first-order valence-electron chi connectivity index (χ1n) is 3.95. The highest BCUT2D eigenvalue weighted by Gasteiger charge is 2.00. The third-order valence-electron chi connectivity index (χ3n) is 1.38. The topological polar surface area (TPSA) is 55.5 Å². The second kappa shape index (κ2) is 4.48. The highest BCUT2D eigenvalue weighted by Crippen LogP contribution is 2.22. The largest absolute Gasteiger partial charge is 0.491 e. The zero-order valence-corrected chi connectivity index (χ0v) is 8.91. The normalized spacial score (nSPS) is 12.5. The van der Waals surface area contributed by atoms with Crippen LogP contribution in [0.15, 0.2) is 22.7 Å². The van der Waals surface area contributed by atoms with Crippen LogP contribution in [-0.4, -0.2) is 17.8 Å². The molecule has 1 rings (SSSR count). The number of nitrogens with two attached hydrogens (primary N) is 1. The predicted octanol–water partition coefficient (Wildman–Crippen LogP) is 1.79. The zero-order valence-electron chi connectivity index (χ0n) is 7.33. The Kier molecular flexibility index (Phi) is 3.57. The number of aliphatic hydroxyl groups excluding tert-OH is 1. The third kappa shape index (κ3) is 3.65. The van der Waals surface area contributed by atoms with E-state index in [9.17, 15) is 0 Å². The van der Waals surface area contributed by atoms with Gasteiger partial charge in [-0.3, -0.25) is 0 Å². The van der Waals surface area contributed by atoms with E-state index in [0.29, 0.717) is 11.4 Å². The smallest absolute Gasteiger partial charge is 0.122 e. The summed E-state index contributed by atoms with van der Waals surface area (Å²) < 4.78 is 6.14. The lowest BCUT2D eigenvalue weighted by Crippen LogP contribution is -2.12. The molecule has 3 nitrogen and oxygen atoms in total. The van der Waals surface area contributed by atoms with Crippen LogP contribution in [0.2, 0.25) is 0 Å². The van der Waals surface area contributed by atoms with E-state index >= 15 is 0 Å². The van der Waals surface area contributed by atoms with Gasteiger partial charge >= 0.3 is 0 Å². The standard InChI is InChI=1S/C9H12BrNO2/c1-6(12)5-13-9-3-7(10)2-8(11)4-9/h2-4,6,12H,5,11H2,1H3. The van der Waals surface area contributed by atoms with Crippen molar-refractivity contribution in [3.8, 4) is 5.75 Å². The van der Waals surface area contributed by atoms with E-state index in [2.05, 4.69) is 15.9 Å². The molecule has 0 aromatic heterocycles. The molecule has 4 heteroatoms. The molecule has 3 N–H and O–H groups in total. The lowest BCUT2D eigenvalue weighted by molar-refractivity contribution is 0.123. The third-order valence-corrected chi connectivity index (χ3v) is 1.84. The van der Waals surface area contributed by atoms with Gasteiger partial charge in [0.2, 0.25) is 0 Å². The summed E-state index contributed by atoms with van der Waals surface area (Å²) in [4.78, 5) is 0. The second-order valence-electron chi connectivity index (χ2n) is 2.88. The van der Waals surface area contributed by atoms with Gasteiger partial charge in [0.15, 0.2) is 0 Å².